The predicted octanol–water partition coefficient (Wildman–Crippen LogP) is 3.50. The van der Waals surface area contributed by atoms with Gasteiger partial charge < -0.3 is 18.9 Å². The van der Waals surface area contributed by atoms with Crippen LogP contribution in [-0.4, -0.2) is 43.8 Å². The SMILES string of the molecule is C=C(C)[C@@H]1CC[C@]2(C)S[P@@](=S)(O[C@H]3[C@@H](O)[C@H](n4cc(C)c(=O)[nH]c4=O)O[C@@H]3CC)O[C@H]2C1.S. The number of nitrogens with zero attached hydrogens (tertiary/aromatic N) is 1. The second-order valence-electron chi connectivity index (χ2n) is 9.28. The predicted molar refractivity (Wildman–Crippen MR) is 139 cm³/mol. The van der Waals surface area contributed by atoms with Crippen molar-refractivity contribution in [1.82, 2.24) is 9.55 Å². The lowest BCUT2D eigenvalue weighted by atomic mass is 9.77. The van der Waals surface area contributed by atoms with Gasteiger partial charge in [0, 0.05) is 16.5 Å². The van der Waals surface area contributed by atoms with E-state index in [9.17, 15) is 14.7 Å². The first-order valence-corrected chi connectivity index (χ1v) is 15.0. The molecule has 0 radical (unpaired) electrons. The lowest BCUT2D eigenvalue weighted by Crippen LogP contribution is -2.39. The number of aromatic amines is 1. The molecule has 0 aromatic carbocycles. The molecule has 3 fully saturated rings. The van der Waals surface area contributed by atoms with Crippen LogP contribution in [0.2, 0.25) is 0 Å². The van der Waals surface area contributed by atoms with E-state index in [1.807, 2.05) is 6.92 Å². The highest BCUT2D eigenvalue weighted by Crippen LogP contribution is 2.76. The monoisotopic (exact) mass is 536 g/mol. The van der Waals surface area contributed by atoms with Crippen LogP contribution in [0.25, 0.3) is 0 Å². The van der Waals surface area contributed by atoms with Crippen LogP contribution >= 0.6 is 30.6 Å². The first kappa shape index (κ1) is 27.2. The minimum absolute atomic E-state index is 0. The summed E-state index contributed by atoms with van der Waals surface area (Å²) in [4.78, 5) is 26.3. The molecule has 8 nitrogen and oxygen atoms in total. The summed E-state index contributed by atoms with van der Waals surface area (Å²) in [6.07, 6.45) is 1.53. The van der Waals surface area contributed by atoms with E-state index in [2.05, 4.69) is 25.4 Å². The Kier molecular flexibility index (Phi) is 8.19. The Morgan fingerprint density at radius 1 is 1.52 bits per heavy atom. The summed E-state index contributed by atoms with van der Waals surface area (Å²) in [6, 6.07) is 0. The van der Waals surface area contributed by atoms with Crippen molar-refractivity contribution in [2.75, 3.05) is 0 Å². The Hall–Kier alpha value is -0.390. The molecular weight excluding hydrogens is 503 g/mol. The van der Waals surface area contributed by atoms with Crippen LogP contribution < -0.4 is 11.2 Å². The largest absolute Gasteiger partial charge is 0.386 e. The topological polar surface area (TPSA) is 103 Å². The van der Waals surface area contributed by atoms with E-state index in [-0.39, 0.29) is 24.3 Å². The van der Waals surface area contributed by atoms with Crippen molar-refractivity contribution in [3.05, 3.63) is 44.8 Å². The summed E-state index contributed by atoms with van der Waals surface area (Å²) in [5.41, 5.74) is -2.34. The zero-order chi connectivity index (χ0) is 23.4. The maximum atomic E-state index is 12.4. The van der Waals surface area contributed by atoms with E-state index in [1.54, 1.807) is 18.3 Å². The Balaban J connectivity index is 0.00000306. The molecule has 1 aromatic heterocycles. The summed E-state index contributed by atoms with van der Waals surface area (Å²) < 4.78 is 19.8. The highest BCUT2D eigenvalue weighted by molar-refractivity contribution is 8.68. The molecule has 0 amide bonds. The van der Waals surface area contributed by atoms with Gasteiger partial charge in [-0.1, -0.05) is 30.5 Å². The third-order valence-electron chi connectivity index (χ3n) is 6.83. The van der Waals surface area contributed by atoms with Crippen LogP contribution in [0.15, 0.2) is 27.9 Å². The van der Waals surface area contributed by atoms with Crippen LogP contribution in [0.4, 0.5) is 0 Å². The van der Waals surface area contributed by atoms with Crippen molar-refractivity contribution in [3.8, 4) is 0 Å². The van der Waals surface area contributed by atoms with Gasteiger partial charge in [-0.2, -0.15) is 13.5 Å². The third kappa shape index (κ3) is 5.11. The van der Waals surface area contributed by atoms with E-state index < -0.39 is 41.5 Å². The smallest absolute Gasteiger partial charge is 0.330 e. The number of aliphatic hydroxyl groups is 1. The fraction of sp³-hybridized carbons (Fsp3) is 0.714. The normalized spacial score (nSPS) is 40.3. The zero-order valence-electron chi connectivity index (χ0n) is 19.3. The van der Waals surface area contributed by atoms with Crippen LogP contribution in [-0.2, 0) is 25.6 Å². The summed E-state index contributed by atoms with van der Waals surface area (Å²) >= 11 is 7.48. The standard InChI is InChI=1S/C21H31N2O6PS2.H2S/c1-6-14-17(16(24)19(27-14)23-10-12(4)18(25)22-20(23)26)29-30(31)28-15-9-13(11(2)3)7-8-21(15,5)32-30;/h10,13-17,19,24H,2,6-9H2,1,3-5H3,(H,22,25,26);1H2/t13-,14-,15+,16-,17-,19-,21+,30-;/m1./s1. The first-order valence-electron chi connectivity index (χ1n) is 10.9. The van der Waals surface area contributed by atoms with Crippen molar-refractivity contribution >= 4 is 42.4 Å². The molecule has 0 spiro atoms. The van der Waals surface area contributed by atoms with E-state index in [1.165, 1.54) is 10.8 Å². The summed E-state index contributed by atoms with van der Waals surface area (Å²) in [7, 11) is 0. The molecule has 12 heteroatoms. The molecular formula is C21H33N2O6PS3. The van der Waals surface area contributed by atoms with Crippen molar-refractivity contribution in [2.45, 2.75) is 88.8 Å². The molecule has 0 bridgehead atoms. The van der Waals surface area contributed by atoms with Gasteiger partial charge in [0.1, 0.15) is 12.2 Å². The number of fused-ring (bicyclic) bond motifs is 1. The molecule has 33 heavy (non-hydrogen) atoms. The Labute approximate surface area is 209 Å². The Bertz CT molecular complexity index is 1080. The van der Waals surface area contributed by atoms with Gasteiger partial charge in [-0.3, -0.25) is 14.3 Å². The summed E-state index contributed by atoms with van der Waals surface area (Å²) in [6.45, 7) is 11.9. The molecule has 4 rings (SSSR count). The van der Waals surface area contributed by atoms with Crippen LogP contribution in [0.1, 0.15) is 58.2 Å². The number of hydrogen-bond acceptors (Lipinski definition) is 8. The van der Waals surface area contributed by atoms with Gasteiger partial charge in [0.2, 0.25) is 5.69 Å². The molecule has 186 valence electrons. The van der Waals surface area contributed by atoms with Crippen LogP contribution in [0.5, 0.6) is 0 Å². The van der Waals surface area contributed by atoms with Crippen molar-refractivity contribution in [1.29, 1.82) is 0 Å². The van der Waals surface area contributed by atoms with Gasteiger partial charge in [0.25, 0.3) is 5.56 Å². The quantitative estimate of drug-likeness (QED) is 0.436. The molecule has 1 saturated carbocycles. The van der Waals surface area contributed by atoms with E-state index >= 15 is 0 Å². The number of H-pyrrole nitrogens is 1. The highest BCUT2D eigenvalue weighted by Gasteiger charge is 2.56. The number of ether oxygens (including phenoxy) is 1. The number of aryl methyl sites for hydroxylation is 1. The average Bonchev–Trinajstić information content (AvgIpc) is 3.16. The lowest BCUT2D eigenvalue weighted by Gasteiger charge is -2.37. The average molecular weight is 537 g/mol. The van der Waals surface area contributed by atoms with Gasteiger partial charge >= 0.3 is 5.69 Å². The zero-order valence-corrected chi connectivity index (χ0v) is 22.8. The fourth-order valence-electron chi connectivity index (χ4n) is 4.77. The van der Waals surface area contributed by atoms with E-state index in [0.717, 1.165) is 24.8 Å². The molecule has 1 aromatic rings. The maximum Gasteiger partial charge on any atom is 0.330 e. The molecule has 1 aliphatic carbocycles. The fourth-order valence-corrected chi connectivity index (χ4v) is 12.3. The van der Waals surface area contributed by atoms with E-state index in [0.29, 0.717) is 17.9 Å². The number of aliphatic hydroxyl groups excluding tert-OH is 1. The minimum atomic E-state index is -2.75. The molecule has 2 N–H and O–H groups in total. The van der Waals surface area contributed by atoms with Crippen LogP contribution in [0.3, 0.4) is 0 Å². The molecule has 0 unspecified atom stereocenters. The van der Waals surface area contributed by atoms with Crippen LogP contribution in [0, 0.1) is 12.8 Å². The van der Waals surface area contributed by atoms with Crippen molar-refractivity contribution < 1.29 is 18.9 Å². The summed E-state index contributed by atoms with van der Waals surface area (Å²) in [5.74, 6) is 0.416. The van der Waals surface area contributed by atoms with Gasteiger partial charge in [-0.25, -0.2) is 4.79 Å². The maximum absolute atomic E-state index is 12.4. The minimum Gasteiger partial charge on any atom is -0.386 e. The van der Waals surface area contributed by atoms with Gasteiger partial charge in [0.15, 0.2) is 6.23 Å². The Morgan fingerprint density at radius 3 is 2.85 bits per heavy atom. The molecule has 3 heterocycles. The van der Waals surface area contributed by atoms with Gasteiger partial charge in [-0.05, 0) is 64.2 Å². The molecule has 3 aliphatic rings. The number of hydrogen-bond donors (Lipinski definition) is 2. The highest BCUT2D eigenvalue weighted by atomic mass is 32.9. The number of nitrogens with one attached hydrogen (secondary N) is 1. The lowest BCUT2D eigenvalue weighted by molar-refractivity contribution is -0.0405. The van der Waals surface area contributed by atoms with Gasteiger partial charge in [0.05, 0.1) is 12.2 Å². The summed E-state index contributed by atoms with van der Waals surface area (Å²) in [5, 5.41) is 11.1. The van der Waals surface area contributed by atoms with Crippen molar-refractivity contribution in [3.63, 3.8) is 0 Å². The number of aromatic nitrogens is 2. The Morgan fingerprint density at radius 2 is 2.21 bits per heavy atom. The second kappa shape index (κ2) is 9.93. The second-order valence-corrected chi connectivity index (χ2v) is 15.8. The number of rotatable bonds is 5. The van der Waals surface area contributed by atoms with Gasteiger partial charge in [-0.15, -0.1) is 0 Å². The number of allylic oxidation sites excluding steroid dienone is 1. The third-order valence-corrected chi connectivity index (χ3v) is 12.6. The molecule has 8 atom stereocenters. The first-order chi connectivity index (χ1) is 15.0. The molecule has 2 aliphatic heterocycles. The van der Waals surface area contributed by atoms with E-state index in [4.69, 9.17) is 25.6 Å². The van der Waals surface area contributed by atoms with Crippen molar-refractivity contribution in [2.24, 2.45) is 5.92 Å². The molecule has 2 saturated heterocycles.